The average molecular weight is 238 g/mol. The smallest absolute Gasteiger partial charge is 0.320 e. The van der Waals surface area contributed by atoms with E-state index in [1.807, 2.05) is 0 Å². The average Bonchev–Trinajstić information content (AvgIpc) is 2.02. The van der Waals surface area contributed by atoms with E-state index in [0.717, 1.165) is 6.54 Å². The largest absolute Gasteiger partial charge is 0.468 e. The van der Waals surface area contributed by atoms with Crippen molar-refractivity contribution in [1.29, 1.82) is 0 Å². The highest BCUT2D eigenvalue weighted by Gasteiger charge is 2.13. The predicted molar refractivity (Wildman–Crippen MR) is 52.4 cm³/mol. The minimum absolute atomic E-state index is 0.230. The van der Waals surface area contributed by atoms with Crippen molar-refractivity contribution < 1.29 is 9.53 Å². The molecule has 0 saturated heterocycles. The molecule has 1 N–H and O–H groups in total. The molecule has 3 nitrogen and oxygen atoms in total. The van der Waals surface area contributed by atoms with Gasteiger partial charge in [-0.15, -0.1) is 0 Å². The Morgan fingerprint density at radius 1 is 1.50 bits per heavy atom. The Hall–Kier alpha value is -0.0900. The maximum atomic E-state index is 10.9. The van der Waals surface area contributed by atoms with Gasteiger partial charge >= 0.3 is 5.97 Å². The van der Waals surface area contributed by atoms with Gasteiger partial charge in [0, 0.05) is 6.54 Å². The molecule has 0 amide bonds. The van der Waals surface area contributed by atoms with E-state index in [2.05, 4.69) is 39.8 Å². The summed E-state index contributed by atoms with van der Waals surface area (Å²) in [5.74, 6) is 0.369. The van der Waals surface area contributed by atoms with Gasteiger partial charge in [-0.2, -0.15) is 0 Å². The van der Waals surface area contributed by atoms with Crippen LogP contribution in [-0.2, 0) is 9.53 Å². The van der Waals surface area contributed by atoms with Crippen LogP contribution in [0.4, 0.5) is 0 Å². The number of alkyl halides is 1. The van der Waals surface area contributed by atoms with Crippen molar-refractivity contribution in [2.75, 3.05) is 20.2 Å². The van der Waals surface area contributed by atoms with Gasteiger partial charge in [0.1, 0.15) is 4.83 Å². The number of nitrogens with one attached hydrogen (secondary N) is 1. The van der Waals surface area contributed by atoms with Gasteiger partial charge < -0.3 is 10.1 Å². The third-order valence-electron chi connectivity index (χ3n) is 1.33. The fraction of sp³-hybridized carbons (Fsp3) is 0.875. The summed E-state index contributed by atoms with van der Waals surface area (Å²) in [6.45, 7) is 5.77. The van der Waals surface area contributed by atoms with Gasteiger partial charge in [0.05, 0.1) is 7.11 Å². The van der Waals surface area contributed by atoms with Crippen molar-refractivity contribution in [3.05, 3.63) is 0 Å². The third-order valence-corrected chi connectivity index (χ3v) is 2.03. The Balaban J connectivity index is 3.43. The topological polar surface area (TPSA) is 38.3 Å². The lowest BCUT2D eigenvalue weighted by molar-refractivity contribution is -0.139. The molecule has 0 aromatic rings. The number of carbonyl (C=O) groups excluding carboxylic acids is 1. The van der Waals surface area contributed by atoms with Crippen LogP contribution >= 0.6 is 15.9 Å². The molecule has 0 aromatic carbocycles. The number of rotatable bonds is 5. The number of halogens is 1. The molecule has 4 heteroatoms. The zero-order valence-corrected chi connectivity index (χ0v) is 9.35. The molecule has 0 aromatic heterocycles. The van der Waals surface area contributed by atoms with Gasteiger partial charge in [-0.3, -0.25) is 4.79 Å². The summed E-state index contributed by atoms with van der Waals surface area (Å²) in [5, 5.41) is 3.15. The standard InChI is InChI=1S/C8H16BrNO2/c1-6(2)4-10-5-7(9)8(11)12-3/h6-7,10H,4-5H2,1-3H3. The van der Waals surface area contributed by atoms with Crippen LogP contribution < -0.4 is 5.32 Å². The highest BCUT2D eigenvalue weighted by Crippen LogP contribution is 2.00. The molecule has 0 heterocycles. The van der Waals surface area contributed by atoms with Gasteiger partial charge in [-0.25, -0.2) is 0 Å². The third kappa shape index (κ3) is 5.55. The molecule has 12 heavy (non-hydrogen) atoms. The Kier molecular flexibility index (Phi) is 6.38. The number of esters is 1. The Labute approximate surface area is 82.0 Å². The summed E-state index contributed by atoms with van der Waals surface area (Å²) in [5.41, 5.74) is 0. The predicted octanol–water partition coefficient (Wildman–Crippen LogP) is 1.17. The molecule has 0 bridgehead atoms. The van der Waals surface area contributed by atoms with Crippen LogP contribution in [0.5, 0.6) is 0 Å². The zero-order chi connectivity index (χ0) is 9.56. The van der Waals surface area contributed by atoms with Crippen molar-refractivity contribution in [2.45, 2.75) is 18.7 Å². The lowest BCUT2D eigenvalue weighted by Gasteiger charge is -2.10. The number of hydrogen-bond acceptors (Lipinski definition) is 3. The van der Waals surface area contributed by atoms with Crippen molar-refractivity contribution in [1.82, 2.24) is 5.32 Å². The van der Waals surface area contributed by atoms with Gasteiger partial charge in [0.25, 0.3) is 0 Å². The van der Waals surface area contributed by atoms with Crippen LogP contribution in [0.15, 0.2) is 0 Å². The van der Waals surface area contributed by atoms with Crippen LogP contribution in [0.2, 0.25) is 0 Å². The molecule has 1 unspecified atom stereocenters. The lowest BCUT2D eigenvalue weighted by Crippen LogP contribution is -2.31. The van der Waals surface area contributed by atoms with E-state index in [1.165, 1.54) is 7.11 Å². The van der Waals surface area contributed by atoms with E-state index in [4.69, 9.17) is 0 Å². The quantitative estimate of drug-likeness (QED) is 0.577. The van der Waals surface area contributed by atoms with Gasteiger partial charge in [-0.05, 0) is 12.5 Å². The number of carbonyl (C=O) groups is 1. The van der Waals surface area contributed by atoms with E-state index in [0.29, 0.717) is 12.5 Å². The second-order valence-corrected chi connectivity index (χ2v) is 4.15. The van der Waals surface area contributed by atoms with Crippen molar-refractivity contribution in [2.24, 2.45) is 5.92 Å². The van der Waals surface area contributed by atoms with E-state index in [9.17, 15) is 4.79 Å². The Morgan fingerprint density at radius 3 is 2.50 bits per heavy atom. The van der Waals surface area contributed by atoms with Crippen molar-refractivity contribution >= 4 is 21.9 Å². The fourth-order valence-corrected chi connectivity index (χ4v) is 1.13. The minimum Gasteiger partial charge on any atom is -0.468 e. The van der Waals surface area contributed by atoms with Crippen LogP contribution in [0.1, 0.15) is 13.8 Å². The van der Waals surface area contributed by atoms with Gasteiger partial charge in [0.15, 0.2) is 0 Å². The SMILES string of the molecule is COC(=O)C(Br)CNCC(C)C. The zero-order valence-electron chi connectivity index (χ0n) is 7.76. The first-order valence-electron chi connectivity index (χ1n) is 4.00. The molecular weight excluding hydrogens is 222 g/mol. The molecule has 0 spiro atoms. The summed E-state index contributed by atoms with van der Waals surface area (Å²) >= 11 is 3.22. The lowest BCUT2D eigenvalue weighted by atomic mass is 10.2. The monoisotopic (exact) mass is 237 g/mol. The van der Waals surface area contributed by atoms with Crippen LogP contribution in [-0.4, -0.2) is 31.0 Å². The van der Waals surface area contributed by atoms with E-state index in [-0.39, 0.29) is 10.8 Å². The first-order chi connectivity index (χ1) is 5.57. The molecule has 0 saturated carbocycles. The molecule has 0 aliphatic rings. The second kappa shape index (κ2) is 6.43. The molecular formula is C8H16BrNO2. The highest BCUT2D eigenvalue weighted by molar-refractivity contribution is 9.10. The number of ether oxygens (including phenoxy) is 1. The van der Waals surface area contributed by atoms with Crippen LogP contribution in [0.25, 0.3) is 0 Å². The summed E-state index contributed by atoms with van der Waals surface area (Å²) < 4.78 is 4.54. The van der Waals surface area contributed by atoms with Crippen LogP contribution in [0.3, 0.4) is 0 Å². The van der Waals surface area contributed by atoms with E-state index in [1.54, 1.807) is 0 Å². The maximum Gasteiger partial charge on any atom is 0.320 e. The summed E-state index contributed by atoms with van der Waals surface area (Å²) in [6.07, 6.45) is 0. The Bertz CT molecular complexity index is 139. The van der Waals surface area contributed by atoms with Gasteiger partial charge in [0.2, 0.25) is 0 Å². The molecule has 1 atom stereocenters. The van der Waals surface area contributed by atoms with Gasteiger partial charge in [-0.1, -0.05) is 29.8 Å². The molecule has 72 valence electrons. The maximum absolute atomic E-state index is 10.9. The molecule has 0 rings (SSSR count). The molecule has 0 fully saturated rings. The second-order valence-electron chi connectivity index (χ2n) is 3.04. The molecule has 0 aliphatic heterocycles. The Morgan fingerprint density at radius 2 is 2.08 bits per heavy atom. The molecule has 0 aliphatic carbocycles. The number of hydrogen-bond donors (Lipinski definition) is 1. The first kappa shape index (κ1) is 11.9. The summed E-state index contributed by atoms with van der Waals surface area (Å²) in [7, 11) is 1.39. The summed E-state index contributed by atoms with van der Waals surface area (Å²) in [6, 6.07) is 0. The first-order valence-corrected chi connectivity index (χ1v) is 4.92. The van der Waals surface area contributed by atoms with Crippen LogP contribution in [0, 0.1) is 5.92 Å². The van der Waals surface area contributed by atoms with E-state index >= 15 is 0 Å². The summed E-state index contributed by atoms with van der Waals surface area (Å²) in [4.78, 5) is 10.6. The van der Waals surface area contributed by atoms with E-state index < -0.39 is 0 Å². The fourth-order valence-electron chi connectivity index (χ4n) is 0.710. The minimum atomic E-state index is -0.235. The highest BCUT2D eigenvalue weighted by atomic mass is 79.9. The van der Waals surface area contributed by atoms with Crippen molar-refractivity contribution in [3.63, 3.8) is 0 Å². The normalized spacial score (nSPS) is 13.1. The number of methoxy groups -OCH3 is 1. The van der Waals surface area contributed by atoms with Crippen molar-refractivity contribution in [3.8, 4) is 0 Å². The molecule has 0 radical (unpaired) electrons.